The molecule has 3 nitrogen and oxygen atoms in total. The van der Waals surface area contributed by atoms with Crippen molar-refractivity contribution >= 4 is 27.5 Å². The van der Waals surface area contributed by atoms with Gasteiger partial charge in [-0.15, -0.1) is 0 Å². The van der Waals surface area contributed by atoms with Gasteiger partial charge < -0.3 is 10.1 Å². The molecule has 116 valence electrons. The number of anilines is 1. The fourth-order valence-corrected chi connectivity index (χ4v) is 2.46. The summed E-state index contributed by atoms with van der Waals surface area (Å²) in [5.74, 6) is 0.527. The number of benzene rings is 2. The van der Waals surface area contributed by atoms with Gasteiger partial charge in [0.2, 0.25) is 0 Å². The number of carbonyl (C=O) groups excluding carboxylic acids is 1. The van der Waals surface area contributed by atoms with Crippen molar-refractivity contribution in [1.82, 2.24) is 0 Å². The van der Waals surface area contributed by atoms with Gasteiger partial charge in [-0.05, 0) is 59.1 Å². The molecule has 1 atom stereocenters. The van der Waals surface area contributed by atoms with Crippen LogP contribution < -0.4 is 10.1 Å². The van der Waals surface area contributed by atoms with Crippen LogP contribution in [0.2, 0.25) is 0 Å². The zero-order valence-corrected chi connectivity index (χ0v) is 14.4. The second kappa shape index (κ2) is 7.99. The van der Waals surface area contributed by atoms with Gasteiger partial charge in [0.15, 0.2) is 6.10 Å². The summed E-state index contributed by atoms with van der Waals surface area (Å²) in [6.45, 7) is 3.89. The highest BCUT2D eigenvalue weighted by Gasteiger charge is 2.15. The minimum absolute atomic E-state index is 0.176. The molecule has 1 unspecified atom stereocenters. The minimum atomic E-state index is -0.566. The van der Waals surface area contributed by atoms with Crippen molar-refractivity contribution < 1.29 is 9.53 Å². The number of hydrogen-bond donors (Lipinski definition) is 1. The van der Waals surface area contributed by atoms with E-state index >= 15 is 0 Å². The first-order chi connectivity index (χ1) is 10.6. The fourth-order valence-electron chi connectivity index (χ4n) is 2.08. The number of hydrogen-bond acceptors (Lipinski definition) is 2. The summed E-state index contributed by atoms with van der Waals surface area (Å²) in [6, 6.07) is 15.4. The average Bonchev–Trinajstić information content (AvgIpc) is 2.51. The molecule has 0 fully saturated rings. The molecule has 2 rings (SSSR count). The molecular formula is C18H20BrNO2. The number of para-hydroxylation sites is 1. The van der Waals surface area contributed by atoms with E-state index in [-0.39, 0.29) is 5.91 Å². The van der Waals surface area contributed by atoms with Crippen molar-refractivity contribution in [3.8, 4) is 5.75 Å². The first kappa shape index (κ1) is 16.6. The SMILES string of the molecule is CCCc1ccc(OC(C)C(=O)Nc2ccccc2Br)cc1. The number of carbonyl (C=O) groups is 1. The largest absolute Gasteiger partial charge is 0.481 e. The normalized spacial score (nSPS) is 11.8. The molecule has 0 bridgehead atoms. The van der Waals surface area contributed by atoms with Crippen LogP contribution in [0.4, 0.5) is 5.69 Å². The van der Waals surface area contributed by atoms with Gasteiger partial charge in [-0.1, -0.05) is 37.6 Å². The van der Waals surface area contributed by atoms with E-state index in [1.54, 1.807) is 6.92 Å². The Balaban J connectivity index is 1.95. The molecule has 2 aromatic rings. The van der Waals surface area contributed by atoms with Crippen LogP contribution in [0.5, 0.6) is 5.75 Å². The highest BCUT2D eigenvalue weighted by Crippen LogP contribution is 2.22. The molecular weight excluding hydrogens is 342 g/mol. The minimum Gasteiger partial charge on any atom is -0.481 e. The van der Waals surface area contributed by atoms with Gasteiger partial charge in [0.05, 0.1) is 5.69 Å². The van der Waals surface area contributed by atoms with Crippen LogP contribution in [0, 0.1) is 0 Å². The van der Waals surface area contributed by atoms with Crippen molar-refractivity contribution in [3.05, 3.63) is 58.6 Å². The van der Waals surface area contributed by atoms with Crippen molar-refractivity contribution in [2.75, 3.05) is 5.32 Å². The molecule has 0 aromatic heterocycles. The predicted octanol–water partition coefficient (Wildman–Crippen LogP) is 4.81. The van der Waals surface area contributed by atoms with Crippen LogP contribution in [0.15, 0.2) is 53.0 Å². The standard InChI is InChI=1S/C18H20BrNO2/c1-3-6-14-9-11-15(12-10-14)22-13(2)18(21)20-17-8-5-4-7-16(17)19/h4-5,7-13H,3,6H2,1-2H3,(H,20,21). The summed E-state index contributed by atoms with van der Waals surface area (Å²) in [4.78, 5) is 12.2. The van der Waals surface area contributed by atoms with Crippen LogP contribution in [0.25, 0.3) is 0 Å². The summed E-state index contributed by atoms with van der Waals surface area (Å²) in [6.07, 6.45) is 1.60. The van der Waals surface area contributed by atoms with E-state index in [1.807, 2.05) is 48.5 Å². The highest BCUT2D eigenvalue weighted by atomic mass is 79.9. The number of amides is 1. The summed E-state index contributed by atoms with van der Waals surface area (Å²) >= 11 is 3.41. The zero-order valence-electron chi connectivity index (χ0n) is 12.8. The summed E-state index contributed by atoms with van der Waals surface area (Å²) in [7, 11) is 0. The van der Waals surface area contributed by atoms with Crippen molar-refractivity contribution in [3.63, 3.8) is 0 Å². The molecule has 1 N–H and O–H groups in total. The van der Waals surface area contributed by atoms with E-state index in [2.05, 4.69) is 28.2 Å². The van der Waals surface area contributed by atoms with Crippen molar-refractivity contribution in [1.29, 1.82) is 0 Å². The Labute approximate surface area is 139 Å². The quantitative estimate of drug-likeness (QED) is 0.801. The number of aryl methyl sites for hydroxylation is 1. The van der Waals surface area contributed by atoms with Gasteiger partial charge >= 0.3 is 0 Å². The maximum atomic E-state index is 12.2. The molecule has 22 heavy (non-hydrogen) atoms. The van der Waals surface area contributed by atoms with Crippen molar-refractivity contribution in [2.45, 2.75) is 32.8 Å². The zero-order chi connectivity index (χ0) is 15.9. The average molecular weight is 362 g/mol. The molecule has 0 radical (unpaired) electrons. The monoisotopic (exact) mass is 361 g/mol. The Morgan fingerprint density at radius 1 is 1.18 bits per heavy atom. The summed E-state index contributed by atoms with van der Waals surface area (Å²) < 4.78 is 6.54. The molecule has 0 saturated heterocycles. The van der Waals surface area contributed by atoms with Gasteiger partial charge in [0.1, 0.15) is 5.75 Å². The number of rotatable bonds is 6. The molecule has 0 aliphatic heterocycles. The Kier molecular flexibility index (Phi) is 6.01. The molecule has 4 heteroatoms. The molecule has 1 amide bonds. The van der Waals surface area contributed by atoms with Crippen LogP contribution >= 0.6 is 15.9 Å². The number of halogens is 1. The maximum Gasteiger partial charge on any atom is 0.265 e. The van der Waals surface area contributed by atoms with Gasteiger partial charge in [-0.2, -0.15) is 0 Å². The first-order valence-corrected chi connectivity index (χ1v) is 8.20. The van der Waals surface area contributed by atoms with Gasteiger partial charge in [-0.25, -0.2) is 0 Å². The van der Waals surface area contributed by atoms with E-state index in [9.17, 15) is 4.79 Å². The van der Waals surface area contributed by atoms with Crippen molar-refractivity contribution in [2.24, 2.45) is 0 Å². The third kappa shape index (κ3) is 4.60. The van der Waals surface area contributed by atoms with Gasteiger partial charge in [0, 0.05) is 4.47 Å². The van der Waals surface area contributed by atoms with E-state index in [0.29, 0.717) is 5.75 Å². The van der Waals surface area contributed by atoms with Crippen LogP contribution in [0.1, 0.15) is 25.8 Å². The van der Waals surface area contributed by atoms with Crippen LogP contribution in [-0.4, -0.2) is 12.0 Å². The Hall–Kier alpha value is -1.81. The maximum absolute atomic E-state index is 12.2. The molecule has 0 spiro atoms. The predicted molar refractivity (Wildman–Crippen MR) is 93.3 cm³/mol. The lowest BCUT2D eigenvalue weighted by molar-refractivity contribution is -0.122. The number of nitrogens with one attached hydrogen (secondary N) is 1. The molecule has 0 aliphatic rings. The molecule has 0 heterocycles. The third-order valence-electron chi connectivity index (χ3n) is 3.28. The van der Waals surface area contributed by atoms with E-state index in [4.69, 9.17) is 4.74 Å². The van der Waals surface area contributed by atoms with Gasteiger partial charge in [0.25, 0.3) is 5.91 Å². The lowest BCUT2D eigenvalue weighted by atomic mass is 10.1. The third-order valence-corrected chi connectivity index (χ3v) is 3.97. The van der Waals surface area contributed by atoms with E-state index < -0.39 is 6.10 Å². The molecule has 0 aliphatic carbocycles. The van der Waals surface area contributed by atoms with Crippen LogP contribution in [-0.2, 0) is 11.2 Å². The van der Waals surface area contributed by atoms with Gasteiger partial charge in [-0.3, -0.25) is 4.79 Å². The fraction of sp³-hybridized carbons (Fsp3) is 0.278. The lowest BCUT2D eigenvalue weighted by Gasteiger charge is -2.15. The topological polar surface area (TPSA) is 38.3 Å². The van der Waals surface area contributed by atoms with E-state index in [1.165, 1.54) is 5.56 Å². The Bertz CT molecular complexity index is 625. The highest BCUT2D eigenvalue weighted by molar-refractivity contribution is 9.10. The smallest absolute Gasteiger partial charge is 0.265 e. The molecule has 0 saturated carbocycles. The second-order valence-electron chi connectivity index (χ2n) is 5.12. The Morgan fingerprint density at radius 3 is 2.50 bits per heavy atom. The first-order valence-electron chi connectivity index (χ1n) is 7.41. The van der Waals surface area contributed by atoms with E-state index in [0.717, 1.165) is 23.0 Å². The Morgan fingerprint density at radius 2 is 1.86 bits per heavy atom. The summed E-state index contributed by atoms with van der Waals surface area (Å²) in [5.41, 5.74) is 2.02. The lowest BCUT2D eigenvalue weighted by Crippen LogP contribution is -2.30. The second-order valence-corrected chi connectivity index (χ2v) is 5.98. The molecule has 2 aromatic carbocycles. The number of ether oxygens (including phenoxy) is 1. The van der Waals surface area contributed by atoms with Crippen LogP contribution in [0.3, 0.4) is 0 Å². The summed E-state index contributed by atoms with van der Waals surface area (Å²) in [5, 5.41) is 2.85.